The number of alkyl halides is 1. The maximum absolute atomic E-state index is 11.9. The fourth-order valence-corrected chi connectivity index (χ4v) is 3.69. The van der Waals surface area contributed by atoms with E-state index in [0.29, 0.717) is 37.6 Å². The number of sulfonamides is 1. The first-order valence-corrected chi connectivity index (χ1v) is 8.12. The molecular formula is C11H20ClNO3S. The van der Waals surface area contributed by atoms with Crippen molar-refractivity contribution in [3.63, 3.8) is 0 Å². The lowest BCUT2D eigenvalue weighted by Crippen LogP contribution is -2.34. The fourth-order valence-electron chi connectivity index (χ4n) is 1.91. The second-order valence-corrected chi connectivity index (χ2v) is 7.24. The molecule has 100 valence electrons. The lowest BCUT2D eigenvalue weighted by molar-refractivity contribution is -0.123. The number of carbonyl (C=O) groups is 1. The molecule has 1 unspecified atom stereocenters. The van der Waals surface area contributed by atoms with Gasteiger partial charge in [-0.25, -0.2) is 12.7 Å². The average molecular weight is 282 g/mol. The minimum atomic E-state index is -3.42. The average Bonchev–Trinajstić information content (AvgIpc) is 2.61. The maximum Gasteiger partial charge on any atom is 0.237 e. The predicted octanol–water partition coefficient (Wildman–Crippen LogP) is 1.84. The van der Waals surface area contributed by atoms with Gasteiger partial charge in [0.2, 0.25) is 15.9 Å². The minimum absolute atomic E-state index is 0.0241. The van der Waals surface area contributed by atoms with Crippen molar-refractivity contribution in [2.45, 2.75) is 33.1 Å². The van der Waals surface area contributed by atoms with Crippen molar-refractivity contribution >= 4 is 27.5 Å². The highest BCUT2D eigenvalue weighted by atomic mass is 35.5. The van der Waals surface area contributed by atoms with E-state index in [1.807, 2.05) is 13.8 Å². The molecule has 0 N–H and O–H groups in total. The first-order valence-electron chi connectivity index (χ1n) is 5.97. The van der Waals surface area contributed by atoms with Gasteiger partial charge in [-0.15, -0.1) is 11.6 Å². The number of rotatable bonds is 6. The smallest absolute Gasteiger partial charge is 0.237 e. The van der Waals surface area contributed by atoms with E-state index >= 15 is 0 Å². The predicted molar refractivity (Wildman–Crippen MR) is 68.4 cm³/mol. The van der Waals surface area contributed by atoms with E-state index in [2.05, 4.69) is 0 Å². The van der Waals surface area contributed by atoms with Crippen LogP contribution in [0.2, 0.25) is 0 Å². The van der Waals surface area contributed by atoms with Crippen molar-refractivity contribution < 1.29 is 13.2 Å². The molecule has 1 atom stereocenters. The Bertz CT molecular complexity index is 367. The zero-order valence-corrected chi connectivity index (χ0v) is 11.9. The summed E-state index contributed by atoms with van der Waals surface area (Å²) in [6.07, 6.45) is 1.53. The van der Waals surface area contributed by atoms with Crippen LogP contribution in [0.15, 0.2) is 0 Å². The Morgan fingerprint density at radius 1 is 1.41 bits per heavy atom. The van der Waals surface area contributed by atoms with Gasteiger partial charge >= 0.3 is 0 Å². The number of unbranched alkanes of at least 4 members (excludes halogenated alkanes) is 1. The fraction of sp³-hybridized carbons (Fsp3) is 0.909. The van der Waals surface area contributed by atoms with E-state index in [1.165, 1.54) is 0 Å². The third-order valence-corrected chi connectivity index (χ3v) is 5.28. The molecule has 1 rings (SSSR count). The molecule has 0 aromatic heterocycles. The van der Waals surface area contributed by atoms with Crippen molar-refractivity contribution in [1.82, 2.24) is 4.31 Å². The lowest BCUT2D eigenvalue weighted by Gasteiger charge is -2.18. The Balaban J connectivity index is 2.63. The van der Waals surface area contributed by atoms with Crippen LogP contribution in [0, 0.1) is 11.8 Å². The van der Waals surface area contributed by atoms with Crippen LogP contribution < -0.4 is 0 Å². The SMILES string of the molecule is CC(C)C1CC(=O)N(S(=O)(=O)CCCCCl)C1. The van der Waals surface area contributed by atoms with Crippen LogP contribution >= 0.6 is 11.6 Å². The molecule has 0 aliphatic carbocycles. The molecule has 1 aliphatic heterocycles. The number of halogens is 1. The molecule has 6 heteroatoms. The summed E-state index contributed by atoms with van der Waals surface area (Å²) in [4.78, 5) is 11.7. The quantitative estimate of drug-likeness (QED) is 0.551. The van der Waals surface area contributed by atoms with Crippen molar-refractivity contribution in [1.29, 1.82) is 0 Å². The largest absolute Gasteiger partial charge is 0.274 e. The van der Waals surface area contributed by atoms with E-state index < -0.39 is 10.0 Å². The van der Waals surface area contributed by atoms with Gasteiger partial charge in [-0.2, -0.15) is 0 Å². The Morgan fingerprint density at radius 2 is 2.06 bits per heavy atom. The monoisotopic (exact) mass is 281 g/mol. The highest BCUT2D eigenvalue weighted by Gasteiger charge is 2.37. The third kappa shape index (κ3) is 3.85. The number of amides is 1. The van der Waals surface area contributed by atoms with Gasteiger partial charge in [0.25, 0.3) is 0 Å². The van der Waals surface area contributed by atoms with Crippen LogP contribution in [0.5, 0.6) is 0 Å². The van der Waals surface area contributed by atoms with Gasteiger partial charge in [0, 0.05) is 18.8 Å². The minimum Gasteiger partial charge on any atom is -0.274 e. The van der Waals surface area contributed by atoms with Crippen LogP contribution in [0.1, 0.15) is 33.1 Å². The number of nitrogens with zero attached hydrogens (tertiary/aromatic N) is 1. The van der Waals surface area contributed by atoms with Crippen LogP contribution in [0.4, 0.5) is 0 Å². The van der Waals surface area contributed by atoms with Gasteiger partial charge in [0.1, 0.15) is 0 Å². The summed E-state index contributed by atoms with van der Waals surface area (Å²) in [7, 11) is -3.42. The van der Waals surface area contributed by atoms with Gasteiger partial charge in [-0.3, -0.25) is 4.79 Å². The van der Waals surface area contributed by atoms with Crippen molar-refractivity contribution in [3.05, 3.63) is 0 Å². The molecule has 1 fully saturated rings. The molecule has 0 saturated carbocycles. The molecule has 1 heterocycles. The van der Waals surface area contributed by atoms with Gasteiger partial charge in [0.05, 0.1) is 5.75 Å². The lowest BCUT2D eigenvalue weighted by atomic mass is 9.95. The number of hydrogen-bond donors (Lipinski definition) is 0. The van der Waals surface area contributed by atoms with Gasteiger partial charge in [-0.05, 0) is 24.7 Å². The molecule has 0 aromatic carbocycles. The topological polar surface area (TPSA) is 54.5 Å². The molecule has 4 nitrogen and oxygen atoms in total. The summed E-state index contributed by atoms with van der Waals surface area (Å²) in [6.45, 7) is 4.38. The van der Waals surface area contributed by atoms with Crippen molar-refractivity contribution in [2.75, 3.05) is 18.2 Å². The highest BCUT2D eigenvalue weighted by Crippen LogP contribution is 2.27. The molecule has 0 radical (unpaired) electrons. The Labute approximate surface area is 108 Å². The third-order valence-electron chi connectivity index (χ3n) is 3.18. The molecule has 17 heavy (non-hydrogen) atoms. The summed E-state index contributed by atoms with van der Waals surface area (Å²) in [5, 5.41) is 0. The molecule has 1 aliphatic rings. The summed E-state index contributed by atoms with van der Waals surface area (Å²) >= 11 is 5.51. The molecule has 0 spiro atoms. The van der Waals surface area contributed by atoms with E-state index in [-0.39, 0.29) is 17.6 Å². The van der Waals surface area contributed by atoms with Crippen LogP contribution in [-0.2, 0) is 14.8 Å². The van der Waals surface area contributed by atoms with E-state index in [9.17, 15) is 13.2 Å². The summed E-state index contributed by atoms with van der Waals surface area (Å²) in [6, 6.07) is 0. The maximum atomic E-state index is 11.9. The van der Waals surface area contributed by atoms with Gasteiger partial charge in [-0.1, -0.05) is 13.8 Å². The summed E-state index contributed by atoms with van der Waals surface area (Å²) < 4.78 is 25.0. The molecule has 1 amide bonds. The first kappa shape index (κ1) is 14.8. The first-order chi connectivity index (χ1) is 7.88. The molecule has 0 aromatic rings. The second kappa shape index (κ2) is 6.05. The van der Waals surface area contributed by atoms with Crippen LogP contribution in [0.25, 0.3) is 0 Å². The van der Waals surface area contributed by atoms with E-state index in [1.54, 1.807) is 0 Å². The highest BCUT2D eigenvalue weighted by molar-refractivity contribution is 7.89. The van der Waals surface area contributed by atoms with Crippen molar-refractivity contribution in [3.8, 4) is 0 Å². The van der Waals surface area contributed by atoms with Gasteiger partial charge < -0.3 is 0 Å². The molecule has 1 saturated heterocycles. The standard InChI is InChI=1S/C11H20ClNO3S/c1-9(2)10-7-11(14)13(8-10)17(15,16)6-4-3-5-12/h9-10H,3-8H2,1-2H3. The van der Waals surface area contributed by atoms with Crippen LogP contribution in [-0.4, -0.2) is 36.8 Å². The summed E-state index contributed by atoms with van der Waals surface area (Å²) in [5.41, 5.74) is 0. The number of carbonyl (C=O) groups excluding carboxylic acids is 1. The Kier molecular flexibility index (Phi) is 5.25. The Morgan fingerprint density at radius 3 is 2.53 bits per heavy atom. The normalized spacial score (nSPS) is 21.5. The number of hydrogen-bond acceptors (Lipinski definition) is 3. The van der Waals surface area contributed by atoms with Crippen LogP contribution in [0.3, 0.4) is 0 Å². The van der Waals surface area contributed by atoms with E-state index in [0.717, 1.165) is 4.31 Å². The zero-order chi connectivity index (χ0) is 13.1. The second-order valence-electron chi connectivity index (χ2n) is 4.85. The summed E-state index contributed by atoms with van der Waals surface area (Å²) in [5.74, 6) is 0.718. The van der Waals surface area contributed by atoms with Crippen molar-refractivity contribution in [2.24, 2.45) is 11.8 Å². The van der Waals surface area contributed by atoms with E-state index in [4.69, 9.17) is 11.6 Å². The van der Waals surface area contributed by atoms with Gasteiger partial charge in [0.15, 0.2) is 0 Å². The molecular weight excluding hydrogens is 262 g/mol. The zero-order valence-electron chi connectivity index (χ0n) is 10.4. The molecule has 0 bridgehead atoms. The Hall–Kier alpha value is -0.290.